The van der Waals surface area contributed by atoms with E-state index in [1.807, 2.05) is 0 Å². The molecule has 0 N–H and O–H groups in total. The molecule has 0 aromatic rings. The minimum atomic E-state index is 0.365. The summed E-state index contributed by atoms with van der Waals surface area (Å²) in [4.78, 5) is 0. The van der Waals surface area contributed by atoms with E-state index in [4.69, 9.17) is 9.47 Å². The predicted octanol–water partition coefficient (Wildman–Crippen LogP) is 2.47. The molecule has 0 rings (SSSR count). The standard InChI is InChI=1S/C10H22O2/c1-8(6-9(2)11-4)7-10(3)12-5/h8-10H,6-7H2,1-5H3. The van der Waals surface area contributed by atoms with Gasteiger partial charge in [0.2, 0.25) is 0 Å². The van der Waals surface area contributed by atoms with Gasteiger partial charge in [-0.1, -0.05) is 6.92 Å². The maximum atomic E-state index is 5.20. The first-order valence-electron chi connectivity index (χ1n) is 4.65. The molecule has 0 saturated heterocycles. The lowest BCUT2D eigenvalue weighted by atomic mass is 9.98. The highest BCUT2D eigenvalue weighted by molar-refractivity contribution is 4.62. The van der Waals surface area contributed by atoms with Crippen molar-refractivity contribution in [3.63, 3.8) is 0 Å². The van der Waals surface area contributed by atoms with E-state index in [1.165, 1.54) is 0 Å². The highest BCUT2D eigenvalue weighted by atomic mass is 16.5. The average molecular weight is 174 g/mol. The summed E-state index contributed by atoms with van der Waals surface area (Å²) in [7, 11) is 3.52. The number of hydrogen-bond acceptors (Lipinski definition) is 2. The molecule has 0 fully saturated rings. The maximum absolute atomic E-state index is 5.20. The van der Waals surface area contributed by atoms with Gasteiger partial charge in [0.25, 0.3) is 0 Å². The summed E-state index contributed by atoms with van der Waals surface area (Å²) in [5.74, 6) is 0.676. The molecule has 0 aromatic heterocycles. The summed E-state index contributed by atoms with van der Waals surface area (Å²) >= 11 is 0. The lowest BCUT2D eigenvalue weighted by Crippen LogP contribution is -2.15. The summed E-state index contributed by atoms with van der Waals surface area (Å²) in [6, 6.07) is 0. The minimum Gasteiger partial charge on any atom is -0.382 e. The molecular weight excluding hydrogens is 152 g/mol. The van der Waals surface area contributed by atoms with Crippen LogP contribution in [0.15, 0.2) is 0 Å². The molecule has 0 heterocycles. The monoisotopic (exact) mass is 174 g/mol. The number of hydrogen-bond donors (Lipinski definition) is 0. The van der Waals surface area contributed by atoms with Crippen LogP contribution >= 0.6 is 0 Å². The normalized spacial score (nSPS) is 18.8. The Balaban J connectivity index is 3.51. The smallest absolute Gasteiger partial charge is 0.0545 e. The SMILES string of the molecule is COC(C)CC(C)CC(C)OC. The molecule has 2 nitrogen and oxygen atoms in total. The first kappa shape index (κ1) is 11.9. The Labute approximate surface area is 76.3 Å². The summed E-state index contributed by atoms with van der Waals surface area (Å²) in [6.07, 6.45) is 2.96. The number of rotatable bonds is 6. The maximum Gasteiger partial charge on any atom is 0.0545 e. The molecule has 0 radical (unpaired) electrons. The van der Waals surface area contributed by atoms with Gasteiger partial charge < -0.3 is 9.47 Å². The first-order chi connectivity index (χ1) is 5.60. The molecule has 0 aliphatic heterocycles. The van der Waals surface area contributed by atoms with E-state index in [0.717, 1.165) is 12.8 Å². The second-order valence-corrected chi connectivity index (χ2v) is 3.67. The summed E-state index contributed by atoms with van der Waals surface area (Å²) in [6.45, 7) is 6.45. The van der Waals surface area contributed by atoms with Crippen LogP contribution < -0.4 is 0 Å². The zero-order chi connectivity index (χ0) is 9.56. The van der Waals surface area contributed by atoms with Crippen molar-refractivity contribution in [1.82, 2.24) is 0 Å². The van der Waals surface area contributed by atoms with Crippen LogP contribution in [0, 0.1) is 5.92 Å². The van der Waals surface area contributed by atoms with Crippen molar-refractivity contribution in [2.75, 3.05) is 14.2 Å². The summed E-state index contributed by atoms with van der Waals surface area (Å²) < 4.78 is 10.4. The van der Waals surface area contributed by atoms with Gasteiger partial charge in [0.15, 0.2) is 0 Å². The van der Waals surface area contributed by atoms with Crippen molar-refractivity contribution >= 4 is 0 Å². The molecule has 2 unspecified atom stereocenters. The van der Waals surface area contributed by atoms with Gasteiger partial charge in [-0.3, -0.25) is 0 Å². The molecule has 0 aliphatic rings. The summed E-state index contributed by atoms with van der Waals surface area (Å²) in [5, 5.41) is 0. The largest absolute Gasteiger partial charge is 0.382 e. The van der Waals surface area contributed by atoms with Gasteiger partial charge >= 0.3 is 0 Å². The van der Waals surface area contributed by atoms with Crippen LogP contribution in [0.2, 0.25) is 0 Å². The van der Waals surface area contributed by atoms with Crippen LogP contribution in [0.4, 0.5) is 0 Å². The highest BCUT2D eigenvalue weighted by Gasteiger charge is 2.11. The van der Waals surface area contributed by atoms with Crippen molar-refractivity contribution < 1.29 is 9.47 Å². The van der Waals surface area contributed by atoms with Crippen LogP contribution in [-0.4, -0.2) is 26.4 Å². The molecule has 0 amide bonds. The summed E-state index contributed by atoms with van der Waals surface area (Å²) in [5.41, 5.74) is 0. The number of methoxy groups -OCH3 is 2. The van der Waals surface area contributed by atoms with Crippen LogP contribution in [0.3, 0.4) is 0 Å². The molecule has 2 atom stereocenters. The molecule has 0 aromatic carbocycles. The second kappa shape index (κ2) is 6.44. The van der Waals surface area contributed by atoms with Crippen LogP contribution in [0.5, 0.6) is 0 Å². The lowest BCUT2D eigenvalue weighted by Gasteiger charge is -2.18. The van der Waals surface area contributed by atoms with E-state index in [0.29, 0.717) is 18.1 Å². The van der Waals surface area contributed by atoms with Crippen molar-refractivity contribution in [3.8, 4) is 0 Å². The van der Waals surface area contributed by atoms with E-state index in [2.05, 4.69) is 20.8 Å². The van der Waals surface area contributed by atoms with Crippen LogP contribution in [0.1, 0.15) is 33.6 Å². The Hall–Kier alpha value is -0.0800. The van der Waals surface area contributed by atoms with Gasteiger partial charge in [-0.05, 0) is 32.6 Å². The van der Waals surface area contributed by atoms with E-state index in [1.54, 1.807) is 14.2 Å². The van der Waals surface area contributed by atoms with Crippen molar-refractivity contribution in [2.45, 2.75) is 45.8 Å². The molecule has 0 aliphatic carbocycles. The molecule has 74 valence electrons. The Morgan fingerprint density at radius 2 is 1.17 bits per heavy atom. The zero-order valence-electron chi connectivity index (χ0n) is 8.96. The quantitative estimate of drug-likeness (QED) is 0.616. The number of ether oxygens (including phenoxy) is 2. The second-order valence-electron chi connectivity index (χ2n) is 3.67. The lowest BCUT2D eigenvalue weighted by molar-refractivity contribution is 0.0675. The Morgan fingerprint density at radius 3 is 1.42 bits per heavy atom. The Morgan fingerprint density at radius 1 is 0.833 bits per heavy atom. The van der Waals surface area contributed by atoms with Gasteiger partial charge in [-0.15, -0.1) is 0 Å². The van der Waals surface area contributed by atoms with E-state index in [9.17, 15) is 0 Å². The van der Waals surface area contributed by atoms with E-state index >= 15 is 0 Å². The van der Waals surface area contributed by atoms with Gasteiger partial charge in [-0.25, -0.2) is 0 Å². The van der Waals surface area contributed by atoms with E-state index in [-0.39, 0.29) is 0 Å². The zero-order valence-corrected chi connectivity index (χ0v) is 8.96. The Kier molecular flexibility index (Phi) is 6.39. The van der Waals surface area contributed by atoms with Crippen molar-refractivity contribution in [2.24, 2.45) is 5.92 Å². The third-order valence-corrected chi connectivity index (χ3v) is 2.27. The van der Waals surface area contributed by atoms with Crippen LogP contribution in [0.25, 0.3) is 0 Å². The first-order valence-corrected chi connectivity index (χ1v) is 4.65. The fourth-order valence-electron chi connectivity index (χ4n) is 1.42. The van der Waals surface area contributed by atoms with E-state index < -0.39 is 0 Å². The van der Waals surface area contributed by atoms with Crippen molar-refractivity contribution in [1.29, 1.82) is 0 Å². The molecule has 0 bridgehead atoms. The molecular formula is C10H22O2. The third kappa shape index (κ3) is 5.56. The average Bonchev–Trinajstić information content (AvgIpc) is 2.03. The van der Waals surface area contributed by atoms with Gasteiger partial charge in [0.1, 0.15) is 0 Å². The topological polar surface area (TPSA) is 18.5 Å². The molecule has 12 heavy (non-hydrogen) atoms. The van der Waals surface area contributed by atoms with Gasteiger partial charge in [0.05, 0.1) is 12.2 Å². The highest BCUT2D eigenvalue weighted by Crippen LogP contribution is 2.15. The Bertz CT molecular complexity index is 92.0. The molecule has 0 spiro atoms. The fourth-order valence-corrected chi connectivity index (χ4v) is 1.42. The van der Waals surface area contributed by atoms with Crippen LogP contribution in [-0.2, 0) is 9.47 Å². The third-order valence-electron chi connectivity index (χ3n) is 2.27. The molecule has 2 heteroatoms. The van der Waals surface area contributed by atoms with Gasteiger partial charge in [-0.2, -0.15) is 0 Å². The van der Waals surface area contributed by atoms with Crippen molar-refractivity contribution in [3.05, 3.63) is 0 Å². The van der Waals surface area contributed by atoms with Gasteiger partial charge in [0, 0.05) is 14.2 Å². The predicted molar refractivity (Wildman–Crippen MR) is 51.3 cm³/mol. The fraction of sp³-hybridized carbons (Fsp3) is 1.00. The molecule has 0 saturated carbocycles. The minimum absolute atomic E-state index is 0.365.